The molecule has 1 saturated heterocycles. The fourth-order valence-electron chi connectivity index (χ4n) is 5.92. The number of hydrogen-bond acceptors (Lipinski definition) is 5. The lowest BCUT2D eigenvalue weighted by Crippen LogP contribution is -2.63. The van der Waals surface area contributed by atoms with E-state index in [9.17, 15) is 9.59 Å². The van der Waals surface area contributed by atoms with Gasteiger partial charge in [0.1, 0.15) is 17.0 Å². The average molecular weight is 494 g/mol. The molecule has 2 aromatic rings. The van der Waals surface area contributed by atoms with Crippen LogP contribution in [0.4, 0.5) is 10.5 Å². The van der Waals surface area contributed by atoms with Crippen molar-refractivity contribution in [3.8, 4) is 5.75 Å². The summed E-state index contributed by atoms with van der Waals surface area (Å²) in [5, 5.41) is 3.55. The molecule has 7 heteroatoms. The number of nitrogens with one attached hydrogen (secondary N) is 1. The van der Waals surface area contributed by atoms with Gasteiger partial charge in [-0.1, -0.05) is 30.3 Å². The van der Waals surface area contributed by atoms with Crippen molar-refractivity contribution < 1.29 is 19.1 Å². The summed E-state index contributed by atoms with van der Waals surface area (Å²) in [5.41, 5.74) is 1.62. The minimum absolute atomic E-state index is 0.0543. The van der Waals surface area contributed by atoms with Crippen LogP contribution in [0.25, 0.3) is 0 Å². The molecule has 0 saturated carbocycles. The van der Waals surface area contributed by atoms with Crippen LogP contribution in [0.15, 0.2) is 42.5 Å². The molecule has 1 N–H and O–H groups in total. The van der Waals surface area contributed by atoms with E-state index in [-0.39, 0.29) is 17.9 Å². The number of carbonyl (C=O) groups excluding carboxylic acids is 2. The maximum absolute atomic E-state index is 13.7. The number of carbonyl (C=O) groups is 2. The molecule has 0 unspecified atom stereocenters. The first-order chi connectivity index (χ1) is 16.9. The number of anilines is 1. The molecule has 0 spiro atoms. The van der Waals surface area contributed by atoms with Crippen molar-refractivity contribution in [3.63, 3.8) is 0 Å². The number of ether oxygens (including phenoxy) is 2. The van der Waals surface area contributed by atoms with Crippen molar-refractivity contribution in [3.05, 3.63) is 59.2 Å². The predicted octanol–water partition coefficient (Wildman–Crippen LogP) is 5.14. The normalized spacial score (nSPS) is 23.4. The molecule has 2 aliphatic rings. The fraction of sp³-hybridized carbons (Fsp3) is 0.517. The zero-order valence-electron chi connectivity index (χ0n) is 22.8. The van der Waals surface area contributed by atoms with E-state index in [1.165, 1.54) is 0 Å². The Bertz CT molecular complexity index is 1160. The molecule has 0 bridgehead atoms. The lowest BCUT2D eigenvalue weighted by molar-refractivity contribution is -0.121. The molecule has 4 rings (SSSR count). The number of fused-ring (bicyclic) bond motifs is 1. The first kappa shape index (κ1) is 26.0. The van der Waals surface area contributed by atoms with Crippen LogP contribution < -0.4 is 15.0 Å². The molecular weight excluding hydrogens is 454 g/mol. The second-order valence-electron chi connectivity index (χ2n) is 11.3. The van der Waals surface area contributed by atoms with E-state index >= 15 is 0 Å². The second kappa shape index (κ2) is 9.11. The van der Waals surface area contributed by atoms with Gasteiger partial charge in [-0.05, 0) is 71.7 Å². The molecule has 1 fully saturated rings. The molecule has 7 nitrogen and oxygen atoms in total. The van der Waals surface area contributed by atoms with Crippen LogP contribution in [0.2, 0.25) is 0 Å². The summed E-state index contributed by atoms with van der Waals surface area (Å²) in [6.45, 7) is 10.1. The van der Waals surface area contributed by atoms with Gasteiger partial charge >= 0.3 is 6.09 Å². The highest BCUT2D eigenvalue weighted by atomic mass is 16.6. The Balaban J connectivity index is 1.95. The maximum atomic E-state index is 13.7. The van der Waals surface area contributed by atoms with Crippen molar-refractivity contribution in [1.82, 2.24) is 10.2 Å². The van der Waals surface area contributed by atoms with E-state index in [1.54, 1.807) is 12.0 Å². The Hall–Kier alpha value is -3.06. The molecule has 0 radical (unpaired) electrons. The Morgan fingerprint density at radius 2 is 1.81 bits per heavy atom. The van der Waals surface area contributed by atoms with E-state index < -0.39 is 16.7 Å². The van der Waals surface area contributed by atoms with Crippen LogP contribution in [0.5, 0.6) is 5.75 Å². The number of nitrogens with zero attached hydrogens (tertiary/aromatic N) is 2. The van der Waals surface area contributed by atoms with E-state index in [4.69, 9.17) is 9.47 Å². The first-order valence-electron chi connectivity index (χ1n) is 12.6. The summed E-state index contributed by atoms with van der Waals surface area (Å²) in [5.74, 6) is 0.611. The number of methoxy groups -OCH3 is 1. The summed E-state index contributed by atoms with van der Waals surface area (Å²) in [6, 6.07) is 14.1. The second-order valence-corrected chi connectivity index (χ2v) is 11.3. The summed E-state index contributed by atoms with van der Waals surface area (Å²) in [7, 11) is 5.36. The maximum Gasteiger partial charge on any atom is 0.412 e. The number of rotatable bonds is 4. The zero-order chi connectivity index (χ0) is 26.5. The molecule has 2 atom stereocenters. The van der Waals surface area contributed by atoms with E-state index in [0.29, 0.717) is 12.3 Å². The minimum Gasteiger partial charge on any atom is -0.496 e. The largest absolute Gasteiger partial charge is 0.496 e. The topological polar surface area (TPSA) is 71.1 Å². The molecule has 36 heavy (non-hydrogen) atoms. The van der Waals surface area contributed by atoms with Crippen LogP contribution in [0, 0.1) is 0 Å². The van der Waals surface area contributed by atoms with E-state index in [2.05, 4.69) is 11.4 Å². The van der Waals surface area contributed by atoms with Crippen LogP contribution in [-0.2, 0) is 20.6 Å². The van der Waals surface area contributed by atoms with Gasteiger partial charge in [0.05, 0.1) is 18.2 Å². The number of benzene rings is 2. The van der Waals surface area contributed by atoms with Gasteiger partial charge in [0.15, 0.2) is 0 Å². The SMILES string of the molecule is CN[C@@]1(c2ccccc2)[C@H](c2cc3c(cc2OC)N(C)C(=O)C3(C)C)CCCN1C(=O)OC(C)(C)C. The monoisotopic (exact) mass is 493 g/mol. The number of amides is 2. The van der Waals surface area contributed by atoms with Crippen molar-refractivity contribution in [2.45, 2.75) is 70.1 Å². The highest BCUT2D eigenvalue weighted by Gasteiger charge is 2.52. The van der Waals surface area contributed by atoms with Crippen molar-refractivity contribution in [1.29, 1.82) is 0 Å². The van der Waals surface area contributed by atoms with Crippen LogP contribution in [-0.4, -0.2) is 50.3 Å². The molecule has 2 heterocycles. The molecule has 0 aliphatic carbocycles. The predicted molar refractivity (Wildman–Crippen MR) is 142 cm³/mol. The highest BCUT2D eigenvalue weighted by Crippen LogP contribution is 2.52. The Morgan fingerprint density at radius 1 is 1.14 bits per heavy atom. The highest BCUT2D eigenvalue weighted by molar-refractivity contribution is 6.07. The molecule has 0 aromatic heterocycles. The third-order valence-corrected chi connectivity index (χ3v) is 7.61. The van der Waals surface area contributed by atoms with Gasteiger partial charge < -0.3 is 14.4 Å². The van der Waals surface area contributed by atoms with E-state index in [1.807, 2.05) is 90.0 Å². The van der Waals surface area contributed by atoms with Crippen molar-refractivity contribution in [2.24, 2.45) is 0 Å². The third-order valence-electron chi connectivity index (χ3n) is 7.61. The number of likely N-dealkylation sites (N-methyl/N-ethyl adjacent to an activating group) is 2. The minimum atomic E-state index is -0.873. The third kappa shape index (κ3) is 4.03. The summed E-state index contributed by atoms with van der Waals surface area (Å²) >= 11 is 0. The lowest BCUT2D eigenvalue weighted by atomic mass is 9.73. The molecule has 2 aliphatic heterocycles. The first-order valence-corrected chi connectivity index (χ1v) is 12.6. The van der Waals surface area contributed by atoms with Crippen molar-refractivity contribution in [2.75, 3.05) is 32.6 Å². The van der Waals surface area contributed by atoms with Gasteiger partial charge in [0.25, 0.3) is 0 Å². The van der Waals surface area contributed by atoms with Crippen molar-refractivity contribution >= 4 is 17.7 Å². The Labute approximate surface area is 214 Å². The summed E-state index contributed by atoms with van der Waals surface area (Å²) < 4.78 is 11.8. The van der Waals surface area contributed by atoms with Gasteiger partial charge in [-0.2, -0.15) is 0 Å². The summed E-state index contributed by atoms with van der Waals surface area (Å²) in [4.78, 5) is 30.2. The standard InChI is InChI=1S/C29H39N3O4/c1-27(2,3)36-26(34)32-16-12-15-21(29(32,30-6)19-13-10-9-11-14-19)20-17-22-23(18-24(20)35-8)31(7)25(33)28(22,4)5/h9-11,13-14,17-18,21,30H,12,15-16H2,1-8H3/t21-,29+/m0/s1. The van der Waals surface area contributed by atoms with Gasteiger partial charge in [-0.15, -0.1) is 0 Å². The van der Waals surface area contributed by atoms with Gasteiger partial charge in [-0.25, -0.2) is 4.79 Å². The molecule has 194 valence electrons. The molecule has 2 aromatic carbocycles. The quantitative estimate of drug-likeness (QED) is 0.639. The van der Waals surface area contributed by atoms with Gasteiger partial charge in [0.2, 0.25) is 5.91 Å². The number of piperidine rings is 1. The smallest absolute Gasteiger partial charge is 0.412 e. The lowest BCUT2D eigenvalue weighted by Gasteiger charge is -2.52. The fourth-order valence-corrected chi connectivity index (χ4v) is 5.92. The van der Waals surface area contributed by atoms with Crippen LogP contribution in [0.3, 0.4) is 0 Å². The summed E-state index contributed by atoms with van der Waals surface area (Å²) in [6.07, 6.45) is 1.28. The molecular formula is C29H39N3O4. The van der Waals surface area contributed by atoms with E-state index in [0.717, 1.165) is 35.2 Å². The Kier molecular flexibility index (Phi) is 6.58. The average Bonchev–Trinajstić information content (AvgIpc) is 3.01. The van der Waals surface area contributed by atoms with Crippen LogP contribution >= 0.6 is 0 Å². The van der Waals surface area contributed by atoms with Crippen LogP contribution in [0.1, 0.15) is 70.1 Å². The number of hydrogen-bond donors (Lipinski definition) is 1. The Morgan fingerprint density at radius 3 is 2.39 bits per heavy atom. The molecule has 2 amide bonds. The number of likely N-dealkylation sites (tertiary alicyclic amines) is 1. The van der Waals surface area contributed by atoms with Gasteiger partial charge in [-0.3, -0.25) is 15.0 Å². The van der Waals surface area contributed by atoms with Gasteiger partial charge in [0, 0.05) is 31.1 Å². The zero-order valence-corrected chi connectivity index (χ0v) is 22.8.